The first kappa shape index (κ1) is 18.8. The lowest BCUT2D eigenvalue weighted by molar-refractivity contribution is 0.173. The number of ether oxygens (including phenoxy) is 1. The molecular weight excluding hydrogens is 397 g/mol. The van der Waals surface area contributed by atoms with Crippen LogP contribution in [0.1, 0.15) is 42.7 Å². The maximum Gasteiger partial charge on any atom is 0.228 e. The largest absolute Gasteiger partial charge is 0.469 e. The van der Waals surface area contributed by atoms with Gasteiger partial charge in [-0.3, -0.25) is 0 Å². The van der Waals surface area contributed by atoms with Crippen LogP contribution < -0.4 is 4.74 Å². The molecule has 26 heavy (non-hydrogen) atoms. The minimum Gasteiger partial charge on any atom is -0.469 e. The van der Waals surface area contributed by atoms with Crippen LogP contribution in [-0.4, -0.2) is 29.8 Å². The minimum atomic E-state index is -0.229. The molecule has 0 N–H and O–H groups in total. The zero-order valence-corrected chi connectivity index (χ0v) is 16.9. The second kappa shape index (κ2) is 8.16. The molecule has 0 saturated heterocycles. The molecule has 2 aromatic rings. The first-order valence-corrected chi connectivity index (χ1v) is 9.63. The van der Waals surface area contributed by atoms with Crippen molar-refractivity contribution in [1.29, 1.82) is 0 Å². The Hall–Kier alpha value is -1.95. The third-order valence-electron chi connectivity index (χ3n) is 4.62. The summed E-state index contributed by atoms with van der Waals surface area (Å²) < 4.78 is 20.6. The number of hydrogen-bond acceptors (Lipinski definition) is 3. The number of pyridine rings is 1. The lowest BCUT2D eigenvalue weighted by Crippen LogP contribution is -2.16. The van der Waals surface area contributed by atoms with Gasteiger partial charge in [-0.2, -0.15) is 0 Å². The first-order valence-electron chi connectivity index (χ1n) is 8.84. The Bertz CT molecular complexity index is 825. The standard InChI is InChI=1S/C20H23BrFN3O/c1-4-25(3)12-23-18-11-17(21)20(24-13(18)2)26-19-7-5-6-14-8-9-15(22)10-16(14)19/h8-12,19H,4-7H2,1-3H3/b23-12+. The number of fused-ring (bicyclic) bond motifs is 1. The van der Waals surface area contributed by atoms with Crippen LogP contribution in [0.5, 0.6) is 5.88 Å². The second-order valence-electron chi connectivity index (χ2n) is 6.54. The molecule has 6 heteroatoms. The van der Waals surface area contributed by atoms with Crippen molar-refractivity contribution in [2.45, 2.75) is 39.2 Å². The molecule has 138 valence electrons. The predicted molar refractivity (Wildman–Crippen MR) is 106 cm³/mol. The summed E-state index contributed by atoms with van der Waals surface area (Å²) in [6.45, 7) is 4.86. The van der Waals surface area contributed by atoms with E-state index < -0.39 is 0 Å². The van der Waals surface area contributed by atoms with Crippen molar-refractivity contribution in [3.8, 4) is 5.88 Å². The SMILES string of the molecule is CCN(C)/C=N/c1cc(Br)c(OC2CCCc3ccc(F)cc32)nc1C. The van der Waals surface area contributed by atoms with Crippen molar-refractivity contribution in [1.82, 2.24) is 9.88 Å². The van der Waals surface area contributed by atoms with Gasteiger partial charge in [-0.05, 0) is 78.4 Å². The van der Waals surface area contributed by atoms with E-state index in [4.69, 9.17) is 4.74 Å². The Morgan fingerprint density at radius 3 is 3.00 bits per heavy atom. The number of halogens is 2. The van der Waals surface area contributed by atoms with Crippen LogP contribution in [0, 0.1) is 12.7 Å². The van der Waals surface area contributed by atoms with E-state index in [0.717, 1.165) is 52.8 Å². The maximum atomic E-state index is 13.7. The summed E-state index contributed by atoms with van der Waals surface area (Å²) in [4.78, 5) is 11.0. The Balaban J connectivity index is 1.85. The van der Waals surface area contributed by atoms with E-state index in [9.17, 15) is 4.39 Å². The third-order valence-corrected chi connectivity index (χ3v) is 5.19. The van der Waals surface area contributed by atoms with E-state index in [-0.39, 0.29) is 11.9 Å². The fourth-order valence-corrected chi connectivity index (χ4v) is 3.39. The molecule has 1 aromatic carbocycles. The predicted octanol–water partition coefficient (Wildman–Crippen LogP) is 5.36. The lowest BCUT2D eigenvalue weighted by atomic mass is 9.89. The van der Waals surface area contributed by atoms with Gasteiger partial charge in [-0.1, -0.05) is 6.07 Å². The Labute approximate surface area is 162 Å². The second-order valence-corrected chi connectivity index (χ2v) is 7.39. The van der Waals surface area contributed by atoms with Gasteiger partial charge < -0.3 is 9.64 Å². The fourth-order valence-electron chi connectivity index (χ4n) is 2.99. The molecule has 1 unspecified atom stereocenters. The zero-order valence-electron chi connectivity index (χ0n) is 15.3. The summed E-state index contributed by atoms with van der Waals surface area (Å²) in [5.74, 6) is 0.291. The highest BCUT2D eigenvalue weighted by Crippen LogP contribution is 2.37. The van der Waals surface area contributed by atoms with Gasteiger partial charge >= 0.3 is 0 Å². The van der Waals surface area contributed by atoms with Crippen LogP contribution in [-0.2, 0) is 6.42 Å². The maximum absolute atomic E-state index is 13.7. The van der Waals surface area contributed by atoms with Crippen LogP contribution in [0.3, 0.4) is 0 Å². The molecule has 0 amide bonds. The summed E-state index contributed by atoms with van der Waals surface area (Å²) in [6.07, 6.45) is 4.44. The molecule has 1 aliphatic rings. The first-order chi connectivity index (χ1) is 12.5. The van der Waals surface area contributed by atoms with Gasteiger partial charge in [0.05, 0.1) is 22.2 Å². The van der Waals surface area contributed by atoms with E-state index in [1.807, 2.05) is 31.0 Å². The summed E-state index contributed by atoms with van der Waals surface area (Å²) in [5.41, 5.74) is 3.66. The van der Waals surface area contributed by atoms with Crippen LogP contribution in [0.2, 0.25) is 0 Å². The summed E-state index contributed by atoms with van der Waals surface area (Å²) in [7, 11) is 1.97. The number of hydrogen-bond donors (Lipinski definition) is 0. The molecule has 0 fully saturated rings. The average molecular weight is 420 g/mol. The van der Waals surface area contributed by atoms with Crippen molar-refractivity contribution >= 4 is 28.0 Å². The molecule has 1 aromatic heterocycles. The fraction of sp³-hybridized carbons (Fsp3) is 0.400. The summed E-state index contributed by atoms with van der Waals surface area (Å²) in [6, 6.07) is 6.86. The number of aromatic nitrogens is 1. The van der Waals surface area contributed by atoms with Crippen LogP contribution >= 0.6 is 15.9 Å². The van der Waals surface area contributed by atoms with Crippen molar-refractivity contribution < 1.29 is 9.13 Å². The van der Waals surface area contributed by atoms with E-state index >= 15 is 0 Å². The third kappa shape index (κ3) is 4.23. The molecule has 1 atom stereocenters. The van der Waals surface area contributed by atoms with Crippen molar-refractivity contribution in [3.05, 3.63) is 51.4 Å². The number of rotatable bonds is 5. The summed E-state index contributed by atoms with van der Waals surface area (Å²) >= 11 is 3.54. The van der Waals surface area contributed by atoms with Crippen LogP contribution in [0.15, 0.2) is 33.7 Å². The highest BCUT2D eigenvalue weighted by Gasteiger charge is 2.24. The van der Waals surface area contributed by atoms with Crippen molar-refractivity contribution in [3.63, 3.8) is 0 Å². The van der Waals surface area contributed by atoms with Gasteiger partial charge in [-0.25, -0.2) is 14.4 Å². The van der Waals surface area contributed by atoms with E-state index in [1.165, 1.54) is 6.07 Å². The number of aryl methyl sites for hydroxylation is 2. The molecule has 1 heterocycles. The highest BCUT2D eigenvalue weighted by atomic mass is 79.9. The Kier molecular flexibility index (Phi) is 5.91. The smallest absolute Gasteiger partial charge is 0.228 e. The molecule has 0 radical (unpaired) electrons. The number of benzene rings is 1. The quantitative estimate of drug-likeness (QED) is 0.483. The molecule has 0 saturated carbocycles. The molecule has 0 spiro atoms. The number of nitrogens with zero attached hydrogens (tertiary/aromatic N) is 3. The van der Waals surface area contributed by atoms with Gasteiger partial charge in [0.25, 0.3) is 0 Å². The van der Waals surface area contributed by atoms with Gasteiger partial charge in [0.1, 0.15) is 11.9 Å². The highest BCUT2D eigenvalue weighted by molar-refractivity contribution is 9.10. The zero-order chi connectivity index (χ0) is 18.7. The minimum absolute atomic E-state index is 0.182. The normalized spacial score (nSPS) is 16.6. The van der Waals surface area contributed by atoms with Crippen LogP contribution in [0.25, 0.3) is 0 Å². The van der Waals surface area contributed by atoms with E-state index in [0.29, 0.717) is 5.88 Å². The molecule has 4 nitrogen and oxygen atoms in total. The lowest BCUT2D eigenvalue weighted by Gasteiger charge is -2.26. The monoisotopic (exact) mass is 419 g/mol. The average Bonchev–Trinajstić information content (AvgIpc) is 2.63. The van der Waals surface area contributed by atoms with Gasteiger partial charge in [0.2, 0.25) is 5.88 Å². The Morgan fingerprint density at radius 1 is 1.42 bits per heavy atom. The molecule has 1 aliphatic carbocycles. The van der Waals surface area contributed by atoms with Crippen LogP contribution in [0.4, 0.5) is 10.1 Å². The van der Waals surface area contributed by atoms with E-state index in [2.05, 4.69) is 32.8 Å². The van der Waals surface area contributed by atoms with Gasteiger partial charge in [-0.15, -0.1) is 0 Å². The molecule has 3 rings (SSSR count). The van der Waals surface area contributed by atoms with Gasteiger partial charge in [0.15, 0.2) is 0 Å². The topological polar surface area (TPSA) is 37.7 Å². The van der Waals surface area contributed by atoms with E-state index in [1.54, 1.807) is 12.4 Å². The van der Waals surface area contributed by atoms with Crippen molar-refractivity contribution in [2.75, 3.05) is 13.6 Å². The summed E-state index contributed by atoms with van der Waals surface area (Å²) in [5, 5.41) is 0. The molecule has 0 aliphatic heterocycles. The number of aliphatic imine (C=N–C) groups is 1. The Morgan fingerprint density at radius 2 is 2.23 bits per heavy atom. The van der Waals surface area contributed by atoms with Crippen molar-refractivity contribution in [2.24, 2.45) is 4.99 Å². The van der Waals surface area contributed by atoms with Gasteiger partial charge in [0, 0.05) is 13.6 Å². The molecule has 0 bridgehead atoms. The molecular formula is C20H23BrFN3O.